The Labute approximate surface area is 122 Å². The predicted octanol–water partition coefficient (Wildman–Crippen LogP) is 4.31. The van der Waals surface area contributed by atoms with Gasteiger partial charge in [0.25, 0.3) is 0 Å². The van der Waals surface area contributed by atoms with Gasteiger partial charge < -0.3 is 5.73 Å². The molecule has 0 saturated heterocycles. The fourth-order valence-electron chi connectivity index (χ4n) is 1.77. The zero-order valence-corrected chi connectivity index (χ0v) is 11.9. The lowest BCUT2D eigenvalue weighted by molar-refractivity contribution is 0.0993. The molecule has 2 rings (SSSR count). The van der Waals surface area contributed by atoms with E-state index in [4.69, 9.17) is 28.9 Å². The van der Waals surface area contributed by atoms with Gasteiger partial charge in [-0.15, -0.1) is 0 Å². The molecule has 0 bridgehead atoms. The van der Waals surface area contributed by atoms with Crippen LogP contribution >= 0.6 is 23.2 Å². The lowest BCUT2D eigenvalue weighted by Crippen LogP contribution is -2.04. The normalized spacial score (nSPS) is 10.5. The molecule has 0 fully saturated rings. The molecule has 0 atom stereocenters. The van der Waals surface area contributed by atoms with Crippen LogP contribution in [0.5, 0.6) is 0 Å². The number of nitrogens with two attached hydrogens (primary N) is 1. The highest BCUT2D eigenvalue weighted by Gasteiger charge is 2.11. The van der Waals surface area contributed by atoms with Gasteiger partial charge in [-0.1, -0.05) is 35.3 Å². The van der Waals surface area contributed by atoms with Gasteiger partial charge in [0, 0.05) is 17.0 Å². The zero-order valence-electron chi connectivity index (χ0n) is 10.4. The minimum Gasteiger partial charge on any atom is -0.398 e. The van der Waals surface area contributed by atoms with Crippen LogP contribution < -0.4 is 5.73 Å². The average Bonchev–Trinajstić information content (AvgIpc) is 2.36. The summed E-state index contributed by atoms with van der Waals surface area (Å²) in [6.07, 6.45) is 0.249. The van der Waals surface area contributed by atoms with Gasteiger partial charge in [-0.2, -0.15) is 0 Å². The standard InChI is InChI=1S/C15H13Cl2NO/c1-9-2-3-10(12(16)6-9)8-15(19)11-4-5-14(18)13(17)7-11/h2-7H,8,18H2,1H3. The minimum atomic E-state index is -0.0346. The molecule has 0 aliphatic carbocycles. The van der Waals surface area contributed by atoms with Crippen LogP contribution in [0.3, 0.4) is 0 Å². The highest BCUT2D eigenvalue weighted by atomic mass is 35.5. The summed E-state index contributed by atoms with van der Waals surface area (Å²) in [6.45, 7) is 1.96. The fourth-order valence-corrected chi connectivity index (χ4v) is 2.25. The highest BCUT2D eigenvalue weighted by molar-refractivity contribution is 6.33. The second kappa shape index (κ2) is 5.64. The van der Waals surface area contributed by atoms with Crippen molar-refractivity contribution in [1.82, 2.24) is 0 Å². The predicted molar refractivity (Wildman–Crippen MR) is 80.1 cm³/mol. The van der Waals surface area contributed by atoms with Gasteiger partial charge in [0.15, 0.2) is 5.78 Å². The summed E-state index contributed by atoms with van der Waals surface area (Å²) >= 11 is 12.0. The fraction of sp³-hybridized carbons (Fsp3) is 0.133. The maximum Gasteiger partial charge on any atom is 0.167 e. The Kier molecular flexibility index (Phi) is 4.13. The molecule has 0 saturated carbocycles. The van der Waals surface area contributed by atoms with Crippen LogP contribution in [0.2, 0.25) is 10.0 Å². The molecule has 2 N–H and O–H groups in total. The van der Waals surface area contributed by atoms with Crippen LogP contribution in [0.4, 0.5) is 5.69 Å². The smallest absolute Gasteiger partial charge is 0.167 e. The third-order valence-electron chi connectivity index (χ3n) is 2.88. The van der Waals surface area contributed by atoms with Crippen molar-refractivity contribution in [3.63, 3.8) is 0 Å². The Morgan fingerprint density at radius 2 is 1.84 bits per heavy atom. The Balaban J connectivity index is 2.23. The van der Waals surface area contributed by atoms with Crippen LogP contribution in [-0.4, -0.2) is 5.78 Å². The third-order valence-corrected chi connectivity index (χ3v) is 3.56. The molecule has 19 heavy (non-hydrogen) atoms. The Hall–Kier alpha value is -1.51. The van der Waals surface area contributed by atoms with Crippen LogP contribution in [0, 0.1) is 6.92 Å². The summed E-state index contributed by atoms with van der Waals surface area (Å²) in [5.41, 5.74) is 8.50. The molecule has 0 unspecified atom stereocenters. The van der Waals surface area contributed by atoms with E-state index in [0.29, 0.717) is 21.3 Å². The molecule has 0 aliphatic rings. The van der Waals surface area contributed by atoms with E-state index in [1.54, 1.807) is 18.2 Å². The second-order valence-corrected chi connectivity index (χ2v) is 5.25. The summed E-state index contributed by atoms with van der Waals surface area (Å²) in [7, 11) is 0. The molecule has 0 spiro atoms. The average molecular weight is 294 g/mol. The van der Waals surface area contributed by atoms with Gasteiger partial charge in [0.2, 0.25) is 0 Å². The first-order chi connectivity index (χ1) is 8.97. The number of ketones is 1. The number of carbonyl (C=O) groups excluding carboxylic acids is 1. The van der Waals surface area contributed by atoms with Gasteiger partial charge in [-0.05, 0) is 42.3 Å². The topological polar surface area (TPSA) is 43.1 Å². The van der Waals surface area contributed by atoms with Crippen molar-refractivity contribution < 1.29 is 4.79 Å². The van der Waals surface area contributed by atoms with E-state index in [1.807, 2.05) is 25.1 Å². The first-order valence-electron chi connectivity index (χ1n) is 5.80. The van der Waals surface area contributed by atoms with E-state index in [2.05, 4.69) is 0 Å². The monoisotopic (exact) mass is 293 g/mol. The molecule has 0 amide bonds. The number of Topliss-reactive ketones (excluding diaryl/α,β-unsaturated/α-hetero) is 1. The summed E-state index contributed by atoms with van der Waals surface area (Å²) in [5.74, 6) is -0.0346. The van der Waals surface area contributed by atoms with Crippen LogP contribution in [0.25, 0.3) is 0 Å². The van der Waals surface area contributed by atoms with E-state index in [1.165, 1.54) is 0 Å². The molecule has 2 nitrogen and oxygen atoms in total. The maximum absolute atomic E-state index is 12.2. The second-order valence-electron chi connectivity index (χ2n) is 4.43. The Bertz CT molecular complexity index is 638. The SMILES string of the molecule is Cc1ccc(CC(=O)c2ccc(N)c(Cl)c2)c(Cl)c1. The number of hydrogen-bond donors (Lipinski definition) is 1. The third kappa shape index (κ3) is 3.28. The summed E-state index contributed by atoms with van der Waals surface area (Å²) in [6, 6.07) is 10.5. The summed E-state index contributed by atoms with van der Waals surface area (Å²) < 4.78 is 0. The molecule has 2 aromatic rings. The molecule has 0 aromatic heterocycles. The van der Waals surface area contributed by atoms with Crippen LogP contribution in [0.15, 0.2) is 36.4 Å². The van der Waals surface area contributed by atoms with Crippen LogP contribution in [0.1, 0.15) is 21.5 Å². The zero-order chi connectivity index (χ0) is 14.0. The molecule has 2 aromatic carbocycles. The molecule has 4 heteroatoms. The van der Waals surface area contributed by atoms with Gasteiger partial charge >= 0.3 is 0 Å². The number of nitrogen functional groups attached to an aromatic ring is 1. The molecule has 98 valence electrons. The maximum atomic E-state index is 12.2. The first-order valence-corrected chi connectivity index (χ1v) is 6.56. The van der Waals surface area contributed by atoms with Gasteiger partial charge in [0.05, 0.1) is 10.7 Å². The molecule has 0 radical (unpaired) electrons. The van der Waals surface area contributed by atoms with E-state index in [9.17, 15) is 4.79 Å². The lowest BCUT2D eigenvalue weighted by atomic mass is 10.0. The quantitative estimate of drug-likeness (QED) is 0.677. The largest absolute Gasteiger partial charge is 0.398 e. The van der Waals surface area contributed by atoms with Crippen molar-refractivity contribution >= 4 is 34.7 Å². The summed E-state index contributed by atoms with van der Waals surface area (Å²) in [4.78, 5) is 12.2. The van der Waals surface area contributed by atoms with Gasteiger partial charge in [-0.3, -0.25) is 4.79 Å². The number of halogens is 2. The number of hydrogen-bond acceptors (Lipinski definition) is 2. The van der Waals surface area contributed by atoms with Crippen molar-refractivity contribution in [1.29, 1.82) is 0 Å². The number of rotatable bonds is 3. The highest BCUT2D eigenvalue weighted by Crippen LogP contribution is 2.23. The van der Waals surface area contributed by atoms with E-state index >= 15 is 0 Å². The van der Waals surface area contributed by atoms with Gasteiger partial charge in [0.1, 0.15) is 0 Å². The van der Waals surface area contributed by atoms with E-state index in [0.717, 1.165) is 11.1 Å². The number of aryl methyl sites for hydroxylation is 1. The van der Waals surface area contributed by atoms with Gasteiger partial charge in [-0.25, -0.2) is 0 Å². The lowest BCUT2D eigenvalue weighted by Gasteiger charge is -2.06. The molecule has 0 heterocycles. The number of benzene rings is 2. The minimum absolute atomic E-state index is 0.0346. The Morgan fingerprint density at radius 3 is 2.47 bits per heavy atom. The summed E-state index contributed by atoms with van der Waals surface area (Å²) in [5, 5.41) is 0.996. The Morgan fingerprint density at radius 1 is 1.11 bits per heavy atom. The molecular formula is C15H13Cl2NO. The van der Waals surface area contributed by atoms with Crippen LogP contribution in [-0.2, 0) is 6.42 Å². The van der Waals surface area contributed by atoms with E-state index < -0.39 is 0 Å². The first kappa shape index (κ1) is 13.9. The number of anilines is 1. The van der Waals surface area contributed by atoms with Crippen molar-refractivity contribution in [3.8, 4) is 0 Å². The van der Waals surface area contributed by atoms with Crippen molar-refractivity contribution in [2.75, 3.05) is 5.73 Å². The number of carbonyl (C=O) groups is 1. The van der Waals surface area contributed by atoms with Crippen molar-refractivity contribution in [3.05, 3.63) is 63.1 Å². The van der Waals surface area contributed by atoms with Crippen molar-refractivity contribution in [2.24, 2.45) is 0 Å². The van der Waals surface area contributed by atoms with Crippen molar-refractivity contribution in [2.45, 2.75) is 13.3 Å². The molecular weight excluding hydrogens is 281 g/mol. The molecule has 0 aliphatic heterocycles. The van der Waals surface area contributed by atoms with E-state index in [-0.39, 0.29) is 12.2 Å².